The summed E-state index contributed by atoms with van der Waals surface area (Å²) < 4.78 is 30.1. The lowest BCUT2D eigenvalue weighted by Crippen LogP contribution is -2.41. The maximum Gasteiger partial charge on any atom is 0.267 e. The molecule has 156 valence electrons. The molecule has 2 aromatic heterocycles. The largest absolute Gasteiger partial charge is 0.268 e. The summed E-state index contributed by atoms with van der Waals surface area (Å²) in [7, 11) is -3.74. The Labute approximate surface area is 179 Å². The number of rotatable bonds is 4. The van der Waals surface area contributed by atoms with Gasteiger partial charge in [0.25, 0.3) is 5.56 Å². The number of benzene rings is 1. The Morgan fingerprint density at radius 3 is 2.97 bits per heavy atom. The van der Waals surface area contributed by atoms with Crippen LogP contribution in [0.3, 0.4) is 0 Å². The number of thioether (sulfide) groups is 1. The first kappa shape index (κ1) is 19.7. The molecule has 0 spiro atoms. The number of aryl methyl sites for hydroxylation is 1. The van der Waals surface area contributed by atoms with Gasteiger partial charge in [0.2, 0.25) is 10.0 Å². The zero-order valence-corrected chi connectivity index (χ0v) is 18.0. The number of pyridine rings is 1. The Morgan fingerprint density at radius 1 is 1.20 bits per heavy atom. The van der Waals surface area contributed by atoms with Gasteiger partial charge in [0.05, 0.1) is 17.8 Å². The molecule has 5 rings (SSSR count). The molecule has 0 bridgehead atoms. The molecule has 7 nitrogen and oxygen atoms in total. The Kier molecular flexibility index (Phi) is 5.12. The fourth-order valence-corrected chi connectivity index (χ4v) is 7.11. The van der Waals surface area contributed by atoms with Crippen LogP contribution in [-0.4, -0.2) is 45.8 Å². The maximum absolute atomic E-state index is 13.5. The van der Waals surface area contributed by atoms with Crippen molar-refractivity contribution in [1.82, 2.24) is 19.1 Å². The van der Waals surface area contributed by atoms with E-state index >= 15 is 0 Å². The van der Waals surface area contributed by atoms with Gasteiger partial charge in [0, 0.05) is 42.4 Å². The van der Waals surface area contributed by atoms with E-state index in [0.29, 0.717) is 18.5 Å². The summed E-state index contributed by atoms with van der Waals surface area (Å²) in [6.45, 7) is 0.712. The van der Waals surface area contributed by atoms with Crippen LogP contribution >= 0.6 is 11.8 Å². The molecule has 9 heteroatoms. The van der Waals surface area contributed by atoms with Crippen molar-refractivity contribution in [3.63, 3.8) is 0 Å². The normalized spacial score (nSPS) is 19.8. The zero-order valence-electron chi connectivity index (χ0n) is 16.4. The third kappa shape index (κ3) is 3.44. The number of nitrogens with zero attached hydrogens (tertiary/aromatic N) is 4. The van der Waals surface area contributed by atoms with Crippen molar-refractivity contribution in [3.8, 4) is 0 Å². The summed E-state index contributed by atoms with van der Waals surface area (Å²) in [5.41, 5.74) is 2.28. The average Bonchev–Trinajstić information content (AvgIpc) is 3.23. The van der Waals surface area contributed by atoms with Gasteiger partial charge in [-0.05, 0) is 36.3 Å². The highest BCUT2D eigenvalue weighted by Crippen LogP contribution is 2.30. The lowest BCUT2D eigenvalue weighted by molar-refractivity contribution is 0.334. The van der Waals surface area contributed by atoms with Crippen molar-refractivity contribution in [2.24, 2.45) is 0 Å². The summed E-state index contributed by atoms with van der Waals surface area (Å²) in [6.07, 6.45) is 3.92. The third-order valence-electron chi connectivity index (χ3n) is 5.79. The summed E-state index contributed by atoms with van der Waals surface area (Å²) in [4.78, 5) is 17.1. The minimum Gasteiger partial charge on any atom is -0.268 e. The number of hydrogen-bond donors (Lipinski definition) is 0. The second-order valence-electron chi connectivity index (χ2n) is 7.68. The van der Waals surface area contributed by atoms with Crippen molar-refractivity contribution in [3.05, 3.63) is 64.2 Å². The van der Waals surface area contributed by atoms with E-state index in [1.54, 1.807) is 42.2 Å². The van der Waals surface area contributed by atoms with E-state index < -0.39 is 10.0 Å². The molecule has 4 heterocycles. The van der Waals surface area contributed by atoms with Gasteiger partial charge in [-0.1, -0.05) is 18.2 Å². The highest BCUT2D eigenvalue weighted by atomic mass is 32.2. The molecule has 1 fully saturated rings. The topological polar surface area (TPSA) is 85.2 Å². The van der Waals surface area contributed by atoms with Crippen molar-refractivity contribution in [1.29, 1.82) is 0 Å². The number of aromatic nitrogens is 3. The number of fused-ring (bicyclic) bond motifs is 2. The maximum atomic E-state index is 13.5. The van der Waals surface area contributed by atoms with Crippen LogP contribution in [0.4, 0.5) is 0 Å². The summed E-state index contributed by atoms with van der Waals surface area (Å²) in [5, 5.41) is 5.36. The molecule has 2 aliphatic rings. The number of hydrogen-bond acceptors (Lipinski definition) is 6. The molecule has 0 aliphatic carbocycles. The minimum absolute atomic E-state index is 0.160. The quantitative estimate of drug-likeness (QED) is 0.617. The van der Waals surface area contributed by atoms with Crippen LogP contribution in [0.5, 0.6) is 0 Å². The molecular weight excluding hydrogens is 420 g/mol. The Bertz CT molecular complexity index is 1270. The highest BCUT2D eigenvalue weighted by molar-refractivity contribution is 7.98. The Morgan fingerprint density at radius 2 is 2.07 bits per heavy atom. The molecule has 3 aromatic rings. The van der Waals surface area contributed by atoms with Gasteiger partial charge >= 0.3 is 0 Å². The van der Waals surface area contributed by atoms with Gasteiger partial charge in [-0.25, -0.2) is 13.1 Å². The molecular formula is C21H22N4O3S2. The van der Waals surface area contributed by atoms with Crippen LogP contribution in [0.2, 0.25) is 0 Å². The second kappa shape index (κ2) is 7.79. The van der Waals surface area contributed by atoms with Crippen LogP contribution in [0.1, 0.15) is 24.1 Å². The van der Waals surface area contributed by atoms with Crippen LogP contribution in [0, 0.1) is 0 Å². The second-order valence-corrected chi connectivity index (χ2v) is 10.6. The number of sulfonamides is 1. The van der Waals surface area contributed by atoms with Gasteiger partial charge in [-0.2, -0.15) is 21.2 Å². The molecule has 1 unspecified atom stereocenters. The van der Waals surface area contributed by atoms with Crippen molar-refractivity contribution < 1.29 is 8.42 Å². The molecule has 1 atom stereocenters. The zero-order chi connectivity index (χ0) is 20.7. The van der Waals surface area contributed by atoms with Gasteiger partial charge in [0.15, 0.2) is 0 Å². The van der Waals surface area contributed by atoms with Crippen molar-refractivity contribution in [2.75, 3.05) is 12.3 Å². The van der Waals surface area contributed by atoms with E-state index in [2.05, 4.69) is 10.1 Å². The molecule has 1 aromatic carbocycles. The molecule has 0 N–H and O–H groups in total. The molecule has 0 radical (unpaired) electrons. The van der Waals surface area contributed by atoms with Crippen LogP contribution in [0.15, 0.2) is 52.3 Å². The molecule has 1 saturated heterocycles. The minimum atomic E-state index is -3.74. The Balaban J connectivity index is 1.49. The first-order valence-corrected chi connectivity index (χ1v) is 12.7. The van der Waals surface area contributed by atoms with Gasteiger partial charge in [0.1, 0.15) is 4.90 Å². The predicted molar refractivity (Wildman–Crippen MR) is 117 cm³/mol. The smallest absolute Gasteiger partial charge is 0.267 e. The van der Waals surface area contributed by atoms with Gasteiger partial charge in [-0.15, -0.1) is 0 Å². The standard InChI is InChI=1S/C21H22N4O3S2/c26-20-12-16-14-29-11-8-18(16)23-24(20)13-17-6-3-10-25(17)30(27,28)19-7-1-4-15-5-2-9-22-21(15)19/h1-2,4-5,7,9,12,17H,3,6,8,10-11,13-14H2. The average molecular weight is 443 g/mol. The van der Waals surface area contributed by atoms with Gasteiger partial charge in [-0.3, -0.25) is 9.78 Å². The fourth-order valence-electron chi connectivity index (χ4n) is 4.30. The fraction of sp³-hybridized carbons (Fsp3) is 0.381. The van der Waals surface area contributed by atoms with Crippen LogP contribution in [-0.2, 0) is 28.7 Å². The van der Waals surface area contributed by atoms with E-state index in [-0.39, 0.29) is 23.0 Å². The number of para-hydroxylation sites is 1. The third-order valence-corrected chi connectivity index (χ3v) is 8.79. The van der Waals surface area contributed by atoms with Gasteiger partial charge < -0.3 is 0 Å². The summed E-state index contributed by atoms with van der Waals surface area (Å²) in [6, 6.07) is 10.2. The molecule has 0 amide bonds. The van der Waals surface area contributed by atoms with E-state index in [1.807, 2.05) is 12.1 Å². The summed E-state index contributed by atoms with van der Waals surface area (Å²) in [5.74, 6) is 1.81. The van der Waals surface area contributed by atoms with Crippen LogP contribution in [0.25, 0.3) is 10.9 Å². The highest BCUT2D eigenvalue weighted by Gasteiger charge is 2.37. The lowest BCUT2D eigenvalue weighted by Gasteiger charge is -2.25. The van der Waals surface area contributed by atoms with Crippen molar-refractivity contribution in [2.45, 2.75) is 42.5 Å². The van der Waals surface area contributed by atoms with E-state index in [9.17, 15) is 13.2 Å². The Hall–Kier alpha value is -2.23. The van der Waals surface area contributed by atoms with E-state index in [0.717, 1.165) is 41.0 Å². The first-order valence-electron chi connectivity index (χ1n) is 10.1. The van der Waals surface area contributed by atoms with E-state index in [1.165, 1.54) is 8.99 Å². The molecule has 30 heavy (non-hydrogen) atoms. The molecule has 2 aliphatic heterocycles. The van der Waals surface area contributed by atoms with Crippen molar-refractivity contribution >= 4 is 32.7 Å². The molecule has 0 saturated carbocycles. The lowest BCUT2D eigenvalue weighted by atomic mass is 10.2. The first-order chi connectivity index (χ1) is 14.5. The van der Waals surface area contributed by atoms with Crippen LogP contribution < -0.4 is 5.56 Å². The summed E-state index contributed by atoms with van der Waals surface area (Å²) >= 11 is 1.81. The predicted octanol–water partition coefficient (Wildman–Crippen LogP) is 2.43. The van der Waals surface area contributed by atoms with E-state index in [4.69, 9.17) is 0 Å². The monoisotopic (exact) mass is 442 g/mol. The SMILES string of the molecule is O=c1cc2c(nn1CC1CCCN1S(=O)(=O)c1cccc3cccnc13)CCSC2.